The second-order valence-electron chi connectivity index (χ2n) is 5.94. The molecule has 26 heavy (non-hydrogen) atoms. The number of aliphatic hydroxyl groups excluding tert-OH is 1. The molecular formula is C17H18N2O6S. The van der Waals surface area contributed by atoms with Crippen molar-refractivity contribution in [1.29, 1.82) is 0 Å². The van der Waals surface area contributed by atoms with Crippen molar-refractivity contribution in [3.63, 3.8) is 0 Å². The summed E-state index contributed by atoms with van der Waals surface area (Å²) in [5.41, 5.74) is 0.581. The Labute approximate surface area is 154 Å². The van der Waals surface area contributed by atoms with Crippen LogP contribution in [-0.4, -0.2) is 58.4 Å². The zero-order valence-corrected chi connectivity index (χ0v) is 14.7. The lowest BCUT2D eigenvalue weighted by molar-refractivity contribution is -0.384. The molecule has 1 atom stereocenters. The van der Waals surface area contributed by atoms with Crippen molar-refractivity contribution in [2.24, 2.45) is 0 Å². The van der Waals surface area contributed by atoms with Crippen molar-refractivity contribution in [2.45, 2.75) is 18.9 Å². The summed E-state index contributed by atoms with van der Waals surface area (Å²) in [6.45, 7) is 0.682. The van der Waals surface area contributed by atoms with Crippen LogP contribution in [0, 0.1) is 10.1 Å². The highest BCUT2D eigenvalue weighted by Crippen LogP contribution is 2.37. The van der Waals surface area contributed by atoms with Gasteiger partial charge >= 0.3 is 0 Å². The van der Waals surface area contributed by atoms with Gasteiger partial charge in [0.05, 0.1) is 34.7 Å². The summed E-state index contributed by atoms with van der Waals surface area (Å²) in [6.07, 6.45) is 1.53. The van der Waals surface area contributed by atoms with Crippen molar-refractivity contribution in [3.8, 4) is 0 Å². The standard InChI is InChI=1S/C17H18N2O6S/c20-7-9-26-15-14(11-3-5-12(6-4-11)19(23)24)16(21)18(17(15)22)10-13-2-1-8-25-13/h3-6,13,20H,1-2,7-10H2. The summed E-state index contributed by atoms with van der Waals surface area (Å²) in [5, 5.41) is 19.9. The van der Waals surface area contributed by atoms with Gasteiger partial charge in [-0.2, -0.15) is 0 Å². The molecule has 1 N–H and O–H groups in total. The van der Waals surface area contributed by atoms with Crippen LogP contribution in [0.15, 0.2) is 29.2 Å². The van der Waals surface area contributed by atoms with E-state index in [0.29, 0.717) is 12.2 Å². The Morgan fingerprint density at radius 3 is 2.58 bits per heavy atom. The molecule has 2 amide bonds. The molecular weight excluding hydrogens is 360 g/mol. The molecule has 8 nitrogen and oxygen atoms in total. The number of nitro benzene ring substituents is 1. The van der Waals surface area contributed by atoms with Gasteiger partial charge in [-0.15, -0.1) is 11.8 Å². The second kappa shape index (κ2) is 7.98. The molecule has 1 aromatic carbocycles. The predicted octanol–water partition coefficient (Wildman–Crippen LogP) is 1.58. The molecule has 2 heterocycles. The molecule has 2 aliphatic rings. The number of benzene rings is 1. The number of hydrogen-bond donors (Lipinski definition) is 1. The molecule has 3 rings (SSSR count). The van der Waals surface area contributed by atoms with Crippen molar-refractivity contribution in [3.05, 3.63) is 44.8 Å². The van der Waals surface area contributed by atoms with E-state index in [-0.39, 0.29) is 41.2 Å². The molecule has 1 unspecified atom stereocenters. The minimum atomic E-state index is -0.523. The van der Waals surface area contributed by atoms with E-state index in [2.05, 4.69) is 0 Å². The number of nitrogens with zero attached hydrogens (tertiary/aromatic N) is 2. The van der Waals surface area contributed by atoms with Crippen LogP contribution in [0.1, 0.15) is 18.4 Å². The van der Waals surface area contributed by atoms with Gasteiger partial charge in [-0.25, -0.2) is 0 Å². The minimum Gasteiger partial charge on any atom is -0.396 e. The topological polar surface area (TPSA) is 110 Å². The summed E-state index contributed by atoms with van der Waals surface area (Å²) in [5.74, 6) is -0.560. The number of non-ortho nitro benzene ring substituents is 1. The Kier molecular flexibility index (Phi) is 5.70. The summed E-state index contributed by atoms with van der Waals surface area (Å²) >= 11 is 1.11. The van der Waals surface area contributed by atoms with Crippen LogP contribution in [0.4, 0.5) is 5.69 Å². The lowest BCUT2D eigenvalue weighted by Crippen LogP contribution is -2.37. The minimum absolute atomic E-state index is 0.0908. The van der Waals surface area contributed by atoms with Crippen LogP contribution < -0.4 is 0 Å². The molecule has 1 saturated heterocycles. The number of carbonyl (C=O) groups is 2. The highest BCUT2D eigenvalue weighted by molar-refractivity contribution is 8.04. The average molecular weight is 378 g/mol. The second-order valence-corrected chi connectivity index (χ2v) is 7.04. The summed E-state index contributed by atoms with van der Waals surface area (Å²) < 4.78 is 5.52. The number of aliphatic hydroxyl groups is 1. The first-order valence-electron chi connectivity index (χ1n) is 8.23. The molecule has 2 aliphatic heterocycles. The van der Waals surface area contributed by atoms with E-state index < -0.39 is 16.7 Å². The van der Waals surface area contributed by atoms with Crippen molar-refractivity contribution in [2.75, 3.05) is 25.5 Å². The van der Waals surface area contributed by atoms with Gasteiger partial charge in [0.15, 0.2) is 0 Å². The van der Waals surface area contributed by atoms with E-state index in [1.54, 1.807) is 0 Å². The highest BCUT2D eigenvalue weighted by atomic mass is 32.2. The average Bonchev–Trinajstić information content (AvgIpc) is 3.22. The van der Waals surface area contributed by atoms with Gasteiger partial charge in [0.1, 0.15) is 0 Å². The predicted molar refractivity (Wildman–Crippen MR) is 95.3 cm³/mol. The third kappa shape index (κ3) is 3.64. The summed E-state index contributed by atoms with van der Waals surface area (Å²) in [6, 6.07) is 5.54. The van der Waals surface area contributed by atoms with E-state index in [9.17, 15) is 19.7 Å². The van der Waals surface area contributed by atoms with Gasteiger partial charge in [0.2, 0.25) is 0 Å². The molecule has 0 radical (unpaired) electrons. The number of carbonyl (C=O) groups excluding carboxylic acids is 2. The van der Waals surface area contributed by atoms with E-state index in [1.807, 2.05) is 0 Å². The zero-order valence-electron chi connectivity index (χ0n) is 13.9. The Morgan fingerprint density at radius 2 is 2.00 bits per heavy atom. The molecule has 0 aliphatic carbocycles. The van der Waals surface area contributed by atoms with Gasteiger partial charge < -0.3 is 9.84 Å². The first-order valence-corrected chi connectivity index (χ1v) is 9.22. The maximum Gasteiger partial charge on any atom is 0.269 e. The van der Waals surface area contributed by atoms with Gasteiger partial charge in [-0.3, -0.25) is 24.6 Å². The molecule has 0 bridgehead atoms. The summed E-state index contributed by atoms with van der Waals surface area (Å²) in [4.78, 5) is 37.4. The number of thioether (sulfide) groups is 1. The van der Waals surface area contributed by atoms with Gasteiger partial charge in [0.25, 0.3) is 17.5 Å². The fraction of sp³-hybridized carbons (Fsp3) is 0.412. The maximum atomic E-state index is 12.9. The lowest BCUT2D eigenvalue weighted by atomic mass is 10.1. The fourth-order valence-electron chi connectivity index (χ4n) is 3.00. The Bertz CT molecular complexity index is 755. The summed E-state index contributed by atoms with van der Waals surface area (Å²) in [7, 11) is 0. The largest absolute Gasteiger partial charge is 0.396 e. The lowest BCUT2D eigenvalue weighted by Gasteiger charge is -2.19. The van der Waals surface area contributed by atoms with E-state index >= 15 is 0 Å². The molecule has 0 saturated carbocycles. The quantitative estimate of drug-likeness (QED) is 0.436. The molecule has 9 heteroatoms. The van der Waals surface area contributed by atoms with E-state index in [1.165, 1.54) is 29.2 Å². The monoisotopic (exact) mass is 378 g/mol. The number of nitro groups is 1. The van der Waals surface area contributed by atoms with Gasteiger partial charge in [-0.1, -0.05) is 0 Å². The van der Waals surface area contributed by atoms with Crippen LogP contribution in [0.2, 0.25) is 0 Å². The third-order valence-corrected chi connectivity index (χ3v) is 5.29. The Balaban J connectivity index is 1.91. The zero-order chi connectivity index (χ0) is 18.7. The number of hydrogen-bond acceptors (Lipinski definition) is 7. The van der Waals surface area contributed by atoms with Gasteiger partial charge in [0, 0.05) is 24.5 Å². The maximum absolute atomic E-state index is 12.9. The smallest absolute Gasteiger partial charge is 0.269 e. The van der Waals surface area contributed by atoms with Crippen molar-refractivity contribution >= 4 is 34.8 Å². The van der Waals surface area contributed by atoms with Crippen LogP contribution in [0.25, 0.3) is 5.57 Å². The first kappa shape index (κ1) is 18.6. The number of amides is 2. The van der Waals surface area contributed by atoms with Crippen LogP contribution in [0.5, 0.6) is 0 Å². The molecule has 138 valence electrons. The highest BCUT2D eigenvalue weighted by Gasteiger charge is 2.40. The number of imide groups is 1. The van der Waals surface area contributed by atoms with E-state index in [0.717, 1.165) is 24.6 Å². The van der Waals surface area contributed by atoms with Crippen LogP contribution >= 0.6 is 11.8 Å². The van der Waals surface area contributed by atoms with Gasteiger partial charge in [-0.05, 0) is 30.5 Å². The van der Waals surface area contributed by atoms with Crippen LogP contribution in [0.3, 0.4) is 0 Å². The normalized spacial score (nSPS) is 20.3. The SMILES string of the molecule is O=C1C(SCCO)=C(c2ccc([N+](=O)[O-])cc2)C(=O)N1CC1CCCO1. The van der Waals surface area contributed by atoms with Crippen molar-refractivity contribution in [1.82, 2.24) is 4.90 Å². The fourth-order valence-corrected chi connectivity index (χ4v) is 3.88. The molecule has 0 spiro atoms. The third-order valence-electron chi connectivity index (χ3n) is 4.24. The van der Waals surface area contributed by atoms with Crippen molar-refractivity contribution < 1.29 is 24.4 Å². The number of rotatable bonds is 7. The van der Waals surface area contributed by atoms with Crippen LogP contribution in [-0.2, 0) is 14.3 Å². The van der Waals surface area contributed by atoms with E-state index in [4.69, 9.17) is 9.84 Å². The first-order chi connectivity index (χ1) is 12.5. The Hall–Kier alpha value is -2.23. The molecule has 0 aromatic heterocycles. The number of ether oxygens (including phenoxy) is 1. The molecule has 1 fully saturated rings. The Morgan fingerprint density at radius 1 is 1.27 bits per heavy atom. The molecule has 1 aromatic rings.